The van der Waals surface area contributed by atoms with Gasteiger partial charge in [-0.25, -0.2) is 0 Å². The van der Waals surface area contributed by atoms with Crippen LogP contribution >= 0.6 is 11.6 Å². The van der Waals surface area contributed by atoms with Crippen molar-refractivity contribution in [3.05, 3.63) is 11.1 Å². The second kappa shape index (κ2) is 3.95. The van der Waals surface area contributed by atoms with Gasteiger partial charge in [0.05, 0.1) is 13.0 Å². The van der Waals surface area contributed by atoms with Crippen molar-refractivity contribution in [1.82, 2.24) is 0 Å². The maximum Gasteiger partial charge on any atom is 0.426 e. The van der Waals surface area contributed by atoms with E-state index in [9.17, 15) is 18.0 Å². The highest BCUT2D eigenvalue weighted by Gasteiger charge is 2.62. The predicted octanol–water partition coefficient (Wildman–Crippen LogP) is 3.12. The number of rotatable bonds is 2. The molecule has 2 atom stereocenters. The number of ether oxygens (including phenoxy) is 1. The lowest BCUT2D eigenvalue weighted by molar-refractivity contribution is -0.143. The Morgan fingerprint density at radius 1 is 1.44 bits per heavy atom. The predicted molar refractivity (Wildman–Crippen MR) is 52.8 cm³/mol. The Hall–Kier alpha value is -0.710. The van der Waals surface area contributed by atoms with Gasteiger partial charge in [-0.2, -0.15) is 13.2 Å². The zero-order chi connectivity index (χ0) is 12.7. The monoisotopic (exact) mass is 256 g/mol. The molecule has 1 aliphatic rings. The fourth-order valence-corrected chi connectivity index (χ4v) is 1.95. The molecule has 2 nitrogen and oxygen atoms in total. The minimum atomic E-state index is -4.55. The zero-order valence-corrected chi connectivity index (χ0v) is 9.82. The average molecular weight is 257 g/mol. The van der Waals surface area contributed by atoms with Crippen LogP contribution in [-0.2, 0) is 9.53 Å². The van der Waals surface area contributed by atoms with Crippen molar-refractivity contribution in [3.8, 4) is 0 Å². The summed E-state index contributed by atoms with van der Waals surface area (Å²) in [6, 6.07) is 0. The van der Waals surface area contributed by atoms with Gasteiger partial charge >= 0.3 is 12.1 Å². The molecule has 0 aromatic heterocycles. The van der Waals surface area contributed by atoms with E-state index in [-0.39, 0.29) is 0 Å². The lowest BCUT2D eigenvalue weighted by Gasteiger charge is -2.04. The fourth-order valence-electron chi connectivity index (χ4n) is 1.82. The van der Waals surface area contributed by atoms with Crippen LogP contribution in [0.2, 0.25) is 0 Å². The topological polar surface area (TPSA) is 26.3 Å². The number of carbonyl (C=O) groups is 1. The van der Waals surface area contributed by atoms with Crippen LogP contribution in [0.4, 0.5) is 13.2 Å². The number of halogens is 4. The van der Waals surface area contributed by atoms with E-state index in [4.69, 9.17) is 11.6 Å². The number of methoxy groups -OCH3 is 1. The number of alkyl halides is 3. The molecule has 6 heteroatoms. The molecular weight excluding hydrogens is 245 g/mol. The maximum absolute atomic E-state index is 12.2. The summed E-state index contributed by atoms with van der Waals surface area (Å²) in [6.45, 7) is 3.41. The highest BCUT2D eigenvalue weighted by Crippen LogP contribution is 2.60. The van der Waals surface area contributed by atoms with Crippen molar-refractivity contribution in [2.75, 3.05) is 7.11 Å². The molecule has 1 rings (SSSR count). The molecule has 0 N–H and O–H groups in total. The smallest absolute Gasteiger partial charge is 0.426 e. The van der Waals surface area contributed by atoms with Crippen LogP contribution in [0.25, 0.3) is 0 Å². The van der Waals surface area contributed by atoms with Crippen LogP contribution in [0, 0.1) is 17.3 Å². The van der Waals surface area contributed by atoms with Crippen molar-refractivity contribution >= 4 is 17.6 Å². The molecule has 0 aromatic carbocycles. The molecule has 92 valence electrons. The average Bonchev–Trinajstić information content (AvgIpc) is 2.65. The Morgan fingerprint density at radius 3 is 2.31 bits per heavy atom. The Morgan fingerprint density at radius 2 is 1.94 bits per heavy atom. The SMILES string of the molecule is COC(=O)[C@@H]1[C@@H](/C=C(\Cl)C(F)(F)F)C1(C)C. The van der Waals surface area contributed by atoms with E-state index in [0.29, 0.717) is 0 Å². The number of hydrogen-bond donors (Lipinski definition) is 0. The van der Waals surface area contributed by atoms with Crippen LogP contribution in [0.3, 0.4) is 0 Å². The van der Waals surface area contributed by atoms with Crippen LogP contribution in [0.5, 0.6) is 0 Å². The number of hydrogen-bond acceptors (Lipinski definition) is 2. The van der Waals surface area contributed by atoms with Crippen molar-refractivity contribution < 1.29 is 22.7 Å². The first-order chi connectivity index (χ1) is 7.12. The number of esters is 1. The molecule has 0 amide bonds. The molecule has 16 heavy (non-hydrogen) atoms. The van der Waals surface area contributed by atoms with Gasteiger partial charge in [-0.1, -0.05) is 31.5 Å². The van der Waals surface area contributed by atoms with E-state index in [2.05, 4.69) is 4.74 Å². The molecule has 0 aromatic rings. The molecule has 0 heterocycles. The third kappa shape index (κ3) is 2.34. The summed E-state index contributed by atoms with van der Waals surface area (Å²) in [4.78, 5) is 11.3. The van der Waals surface area contributed by atoms with Crippen molar-refractivity contribution in [2.24, 2.45) is 17.3 Å². The lowest BCUT2D eigenvalue weighted by Crippen LogP contribution is -2.08. The molecule has 0 unspecified atom stereocenters. The molecule has 0 bridgehead atoms. The molecular formula is C10H12ClF3O2. The van der Waals surface area contributed by atoms with Gasteiger partial charge in [0.25, 0.3) is 0 Å². The standard InChI is InChI=1S/C10H12ClF3O2/c1-9(2)5(7(9)8(15)16-3)4-6(11)10(12,13)14/h4-5,7H,1-3H3/b6-4-/t5-,7+/m1/s1. The van der Waals surface area contributed by atoms with E-state index >= 15 is 0 Å². The summed E-state index contributed by atoms with van der Waals surface area (Å²) in [5.41, 5.74) is -0.529. The van der Waals surface area contributed by atoms with Crippen LogP contribution < -0.4 is 0 Å². The second-order valence-corrected chi connectivity index (χ2v) is 4.77. The first-order valence-electron chi connectivity index (χ1n) is 4.64. The summed E-state index contributed by atoms with van der Waals surface area (Å²) in [5, 5.41) is -1.18. The number of carbonyl (C=O) groups excluding carboxylic acids is 1. The third-order valence-corrected chi connectivity index (χ3v) is 3.30. The van der Waals surface area contributed by atoms with E-state index < -0.39 is 34.4 Å². The van der Waals surface area contributed by atoms with Gasteiger partial charge in [-0.3, -0.25) is 4.79 Å². The third-order valence-electron chi connectivity index (χ3n) is 2.96. The minimum absolute atomic E-state index is 0.502. The molecule has 1 aliphatic carbocycles. The lowest BCUT2D eigenvalue weighted by atomic mass is 10.1. The minimum Gasteiger partial charge on any atom is -0.469 e. The van der Waals surface area contributed by atoms with Gasteiger partial charge in [0.15, 0.2) is 0 Å². The summed E-state index contributed by atoms with van der Waals surface area (Å²) >= 11 is 5.12. The molecule has 1 fully saturated rings. The Bertz CT molecular complexity index is 333. The highest BCUT2D eigenvalue weighted by molar-refractivity contribution is 6.30. The van der Waals surface area contributed by atoms with Crippen molar-refractivity contribution in [3.63, 3.8) is 0 Å². The Labute approximate surface area is 96.4 Å². The number of allylic oxidation sites excluding steroid dienone is 2. The van der Waals surface area contributed by atoms with E-state index in [1.54, 1.807) is 13.8 Å². The molecule has 0 aliphatic heterocycles. The summed E-state index contributed by atoms with van der Waals surface area (Å²) in [6.07, 6.45) is -3.66. The first kappa shape index (κ1) is 13.4. The fraction of sp³-hybridized carbons (Fsp3) is 0.700. The maximum atomic E-state index is 12.2. The normalized spacial score (nSPS) is 28.8. The summed E-state index contributed by atoms with van der Waals surface area (Å²) in [5.74, 6) is -1.57. The van der Waals surface area contributed by atoms with E-state index in [1.807, 2.05) is 0 Å². The van der Waals surface area contributed by atoms with Crippen molar-refractivity contribution in [2.45, 2.75) is 20.0 Å². The summed E-state index contributed by atoms with van der Waals surface area (Å²) < 4.78 is 41.1. The molecule has 0 radical (unpaired) electrons. The van der Waals surface area contributed by atoms with Gasteiger partial charge in [0.1, 0.15) is 5.03 Å². The van der Waals surface area contributed by atoms with Crippen LogP contribution in [0.15, 0.2) is 11.1 Å². The van der Waals surface area contributed by atoms with E-state index in [1.165, 1.54) is 7.11 Å². The van der Waals surface area contributed by atoms with Gasteiger partial charge in [0, 0.05) is 0 Å². The Kier molecular flexibility index (Phi) is 3.29. The van der Waals surface area contributed by atoms with Gasteiger partial charge in [-0.05, 0) is 11.3 Å². The van der Waals surface area contributed by atoms with Crippen LogP contribution in [0.1, 0.15) is 13.8 Å². The molecule has 1 saturated carbocycles. The van der Waals surface area contributed by atoms with Crippen molar-refractivity contribution in [1.29, 1.82) is 0 Å². The zero-order valence-electron chi connectivity index (χ0n) is 9.06. The highest BCUT2D eigenvalue weighted by atomic mass is 35.5. The van der Waals surface area contributed by atoms with Gasteiger partial charge in [-0.15, -0.1) is 0 Å². The quantitative estimate of drug-likeness (QED) is 0.710. The van der Waals surface area contributed by atoms with Gasteiger partial charge in [0.2, 0.25) is 0 Å². The van der Waals surface area contributed by atoms with E-state index in [0.717, 1.165) is 6.08 Å². The van der Waals surface area contributed by atoms with Gasteiger partial charge < -0.3 is 4.74 Å². The second-order valence-electron chi connectivity index (χ2n) is 4.36. The first-order valence-corrected chi connectivity index (χ1v) is 5.02. The molecule has 0 spiro atoms. The van der Waals surface area contributed by atoms with Crippen LogP contribution in [-0.4, -0.2) is 19.3 Å². The molecule has 0 saturated heterocycles. The summed E-state index contributed by atoms with van der Waals surface area (Å²) in [7, 11) is 1.21. The largest absolute Gasteiger partial charge is 0.469 e. The Balaban J connectivity index is 2.83.